The molecule has 2 aromatic rings. The molecule has 0 heterocycles. The summed E-state index contributed by atoms with van der Waals surface area (Å²) in [7, 11) is 0. The van der Waals surface area contributed by atoms with Crippen molar-refractivity contribution >= 4 is 5.97 Å². The van der Waals surface area contributed by atoms with Crippen molar-refractivity contribution in [2.45, 2.75) is 117 Å². The SMILES string of the molecule is CCCCCCCCCCOc1ccc(C(=O)Oc2ccc(OCCCC3CCC(CCC)CC3)cc2)cc1. The zero-order valence-electron chi connectivity index (χ0n) is 24.6. The molecule has 0 unspecified atom stereocenters. The molecule has 216 valence electrons. The van der Waals surface area contributed by atoms with Crippen molar-refractivity contribution in [3.63, 3.8) is 0 Å². The Morgan fingerprint density at radius 2 is 1.08 bits per heavy atom. The smallest absolute Gasteiger partial charge is 0.343 e. The molecule has 0 saturated heterocycles. The van der Waals surface area contributed by atoms with E-state index < -0.39 is 0 Å². The first-order valence-electron chi connectivity index (χ1n) is 15.9. The predicted octanol–water partition coefficient (Wildman–Crippen LogP) is 10.2. The maximum absolute atomic E-state index is 12.6. The molecule has 2 aromatic carbocycles. The Hall–Kier alpha value is -2.49. The van der Waals surface area contributed by atoms with Gasteiger partial charge < -0.3 is 14.2 Å². The molecule has 0 atom stereocenters. The molecule has 39 heavy (non-hydrogen) atoms. The second kappa shape index (κ2) is 18.7. The van der Waals surface area contributed by atoms with E-state index in [1.54, 1.807) is 24.3 Å². The van der Waals surface area contributed by atoms with Gasteiger partial charge in [-0.15, -0.1) is 0 Å². The van der Waals surface area contributed by atoms with E-state index in [1.165, 1.54) is 89.9 Å². The topological polar surface area (TPSA) is 44.8 Å². The number of hydrogen-bond donors (Lipinski definition) is 0. The van der Waals surface area contributed by atoms with Crippen LogP contribution in [0.3, 0.4) is 0 Å². The molecule has 0 spiro atoms. The highest BCUT2D eigenvalue weighted by atomic mass is 16.5. The third kappa shape index (κ3) is 12.5. The summed E-state index contributed by atoms with van der Waals surface area (Å²) in [4.78, 5) is 12.6. The van der Waals surface area contributed by atoms with Gasteiger partial charge in [-0.25, -0.2) is 4.79 Å². The first-order valence-corrected chi connectivity index (χ1v) is 15.9. The van der Waals surface area contributed by atoms with Gasteiger partial charge in [0.1, 0.15) is 17.2 Å². The number of ether oxygens (including phenoxy) is 3. The normalized spacial score (nSPS) is 17.1. The minimum Gasteiger partial charge on any atom is -0.494 e. The molecule has 4 nitrogen and oxygen atoms in total. The van der Waals surface area contributed by atoms with Crippen LogP contribution >= 0.6 is 0 Å². The highest BCUT2D eigenvalue weighted by molar-refractivity contribution is 5.91. The number of carbonyl (C=O) groups is 1. The predicted molar refractivity (Wildman–Crippen MR) is 161 cm³/mol. The summed E-state index contributed by atoms with van der Waals surface area (Å²) in [5.74, 6) is 3.61. The fourth-order valence-corrected chi connectivity index (χ4v) is 5.66. The van der Waals surface area contributed by atoms with Gasteiger partial charge in [-0.1, -0.05) is 97.3 Å². The summed E-state index contributed by atoms with van der Waals surface area (Å²) < 4.78 is 17.3. The number of unbranched alkanes of at least 4 members (excludes halogenated alkanes) is 7. The second-order valence-corrected chi connectivity index (χ2v) is 11.4. The van der Waals surface area contributed by atoms with Gasteiger partial charge in [-0.3, -0.25) is 0 Å². The Morgan fingerprint density at radius 3 is 1.67 bits per heavy atom. The third-order valence-electron chi connectivity index (χ3n) is 8.08. The van der Waals surface area contributed by atoms with Crippen LogP contribution < -0.4 is 14.2 Å². The number of hydrogen-bond acceptors (Lipinski definition) is 4. The molecule has 4 heteroatoms. The van der Waals surface area contributed by atoms with Gasteiger partial charge in [0.25, 0.3) is 0 Å². The van der Waals surface area contributed by atoms with Crippen LogP contribution in [0.15, 0.2) is 48.5 Å². The first kappa shape index (κ1) is 31.0. The zero-order valence-corrected chi connectivity index (χ0v) is 24.6. The van der Waals surface area contributed by atoms with E-state index in [0.717, 1.165) is 42.8 Å². The second-order valence-electron chi connectivity index (χ2n) is 11.4. The van der Waals surface area contributed by atoms with E-state index in [9.17, 15) is 4.79 Å². The molecular weight excluding hydrogens is 484 g/mol. The van der Waals surface area contributed by atoms with Gasteiger partial charge in [-0.05, 0) is 79.6 Å². The minimum atomic E-state index is -0.369. The summed E-state index contributed by atoms with van der Waals surface area (Å²) in [5, 5.41) is 0. The lowest BCUT2D eigenvalue weighted by atomic mass is 9.78. The molecule has 1 fully saturated rings. The van der Waals surface area contributed by atoms with Gasteiger partial charge in [0.05, 0.1) is 18.8 Å². The van der Waals surface area contributed by atoms with Gasteiger partial charge in [0.2, 0.25) is 0 Å². The number of carbonyl (C=O) groups excluding carboxylic acids is 1. The third-order valence-corrected chi connectivity index (χ3v) is 8.08. The highest BCUT2D eigenvalue weighted by Crippen LogP contribution is 2.33. The molecule has 1 saturated carbocycles. The maximum Gasteiger partial charge on any atom is 0.343 e. The van der Waals surface area contributed by atoms with Gasteiger partial charge in [0.15, 0.2) is 0 Å². The van der Waals surface area contributed by atoms with Crippen molar-refractivity contribution in [2.75, 3.05) is 13.2 Å². The molecule has 0 amide bonds. The van der Waals surface area contributed by atoms with Gasteiger partial charge in [-0.2, -0.15) is 0 Å². The fourth-order valence-electron chi connectivity index (χ4n) is 5.66. The Kier molecular flexibility index (Phi) is 14.9. The largest absolute Gasteiger partial charge is 0.494 e. The van der Waals surface area contributed by atoms with Gasteiger partial charge >= 0.3 is 5.97 Å². The van der Waals surface area contributed by atoms with Crippen LogP contribution in [0.25, 0.3) is 0 Å². The summed E-state index contributed by atoms with van der Waals surface area (Å²) in [6.07, 6.45) is 20.9. The zero-order chi connectivity index (χ0) is 27.5. The van der Waals surface area contributed by atoms with Crippen molar-refractivity contribution in [1.82, 2.24) is 0 Å². The van der Waals surface area contributed by atoms with Gasteiger partial charge in [0, 0.05) is 0 Å². The van der Waals surface area contributed by atoms with Crippen LogP contribution in [0, 0.1) is 11.8 Å². The van der Waals surface area contributed by atoms with Crippen molar-refractivity contribution in [3.05, 3.63) is 54.1 Å². The maximum atomic E-state index is 12.6. The average Bonchev–Trinajstić information content (AvgIpc) is 2.96. The Morgan fingerprint density at radius 1 is 0.590 bits per heavy atom. The lowest BCUT2D eigenvalue weighted by Gasteiger charge is -2.28. The molecular formula is C35H52O4. The van der Waals surface area contributed by atoms with E-state index in [2.05, 4.69) is 13.8 Å². The van der Waals surface area contributed by atoms with Crippen LogP contribution in [-0.2, 0) is 0 Å². The molecule has 0 bridgehead atoms. The standard InChI is InChI=1S/C35H52O4/c1-3-5-6-7-8-9-10-11-27-37-32-21-19-31(20-22-32)35(36)39-34-25-23-33(24-26-34)38-28-12-14-30-17-15-29(13-4-2)16-18-30/h19-26,29-30H,3-18,27-28H2,1-2H3. The molecule has 3 rings (SSSR count). The highest BCUT2D eigenvalue weighted by Gasteiger charge is 2.20. The quantitative estimate of drug-likeness (QED) is 0.102. The Bertz CT molecular complexity index is 897. The van der Waals surface area contributed by atoms with Crippen molar-refractivity contribution in [2.24, 2.45) is 11.8 Å². The molecule has 0 N–H and O–H groups in total. The molecule has 0 aromatic heterocycles. The molecule has 0 radical (unpaired) electrons. The summed E-state index contributed by atoms with van der Waals surface area (Å²) >= 11 is 0. The van der Waals surface area contributed by atoms with Crippen molar-refractivity contribution in [3.8, 4) is 17.2 Å². The summed E-state index contributed by atoms with van der Waals surface area (Å²) in [5.41, 5.74) is 0.512. The molecule has 1 aliphatic carbocycles. The van der Waals surface area contributed by atoms with Crippen LogP contribution in [0.5, 0.6) is 17.2 Å². The van der Waals surface area contributed by atoms with Crippen LogP contribution in [-0.4, -0.2) is 19.2 Å². The van der Waals surface area contributed by atoms with Crippen molar-refractivity contribution in [1.29, 1.82) is 0 Å². The molecule has 1 aliphatic rings. The molecule has 0 aliphatic heterocycles. The van der Waals surface area contributed by atoms with E-state index in [0.29, 0.717) is 17.9 Å². The van der Waals surface area contributed by atoms with E-state index in [4.69, 9.17) is 14.2 Å². The Balaban J connectivity index is 1.27. The van der Waals surface area contributed by atoms with E-state index >= 15 is 0 Å². The van der Waals surface area contributed by atoms with Crippen molar-refractivity contribution < 1.29 is 19.0 Å². The van der Waals surface area contributed by atoms with Crippen LogP contribution in [0.4, 0.5) is 0 Å². The lowest BCUT2D eigenvalue weighted by molar-refractivity contribution is 0.0734. The van der Waals surface area contributed by atoms with E-state index in [-0.39, 0.29) is 5.97 Å². The number of rotatable bonds is 19. The Labute approximate surface area is 237 Å². The summed E-state index contributed by atoms with van der Waals surface area (Å²) in [6, 6.07) is 14.6. The minimum absolute atomic E-state index is 0.369. The average molecular weight is 537 g/mol. The fraction of sp³-hybridized carbons (Fsp3) is 0.629. The van der Waals surface area contributed by atoms with E-state index in [1.807, 2.05) is 24.3 Å². The van der Waals surface area contributed by atoms with Crippen LogP contribution in [0.1, 0.15) is 127 Å². The number of esters is 1. The van der Waals surface area contributed by atoms with Crippen LogP contribution in [0.2, 0.25) is 0 Å². The monoisotopic (exact) mass is 536 g/mol. The lowest BCUT2D eigenvalue weighted by Crippen LogP contribution is -2.15. The number of benzene rings is 2. The first-order chi connectivity index (χ1) is 19.2. The summed E-state index contributed by atoms with van der Waals surface area (Å²) in [6.45, 7) is 6.00.